The van der Waals surface area contributed by atoms with E-state index >= 15 is 0 Å². The van der Waals surface area contributed by atoms with Gasteiger partial charge in [-0.15, -0.1) is 0 Å². The molecule has 2 heterocycles. The molecule has 0 radical (unpaired) electrons. The van der Waals surface area contributed by atoms with Crippen molar-refractivity contribution in [3.63, 3.8) is 0 Å². The molecule has 1 aromatic heterocycles. The number of aromatic nitrogens is 1. The molecule has 26 heavy (non-hydrogen) atoms. The van der Waals surface area contributed by atoms with Crippen LogP contribution < -0.4 is 4.90 Å². The fourth-order valence-electron chi connectivity index (χ4n) is 3.34. The van der Waals surface area contributed by atoms with Gasteiger partial charge in [0.25, 0.3) is 0 Å². The standard InChI is InChI=1S/C19H20ClF3N2O/c1-18(26,19(21,22)23)15-7-9-25(10-8-15)17-12-14(11-16(20)24-17)13-5-3-2-4-6-13/h2-6,11-12,15,26H,7-10H2,1H3. The number of anilines is 1. The molecule has 7 heteroatoms. The van der Waals surface area contributed by atoms with E-state index in [1.54, 1.807) is 6.07 Å². The molecule has 3 nitrogen and oxygen atoms in total. The maximum atomic E-state index is 13.0. The van der Waals surface area contributed by atoms with Gasteiger partial charge in [0, 0.05) is 13.1 Å². The van der Waals surface area contributed by atoms with Crippen molar-refractivity contribution in [3.05, 3.63) is 47.6 Å². The van der Waals surface area contributed by atoms with Crippen LogP contribution in [-0.2, 0) is 0 Å². The second-order valence-corrected chi connectivity index (χ2v) is 7.20. The quantitative estimate of drug-likeness (QED) is 0.762. The summed E-state index contributed by atoms with van der Waals surface area (Å²) in [6.45, 7) is 1.63. The molecule has 1 atom stereocenters. The predicted octanol–water partition coefficient (Wildman–Crippen LogP) is 4.93. The molecule has 0 bridgehead atoms. The molecular weight excluding hydrogens is 365 g/mol. The van der Waals surface area contributed by atoms with Crippen LogP contribution in [0, 0.1) is 5.92 Å². The Morgan fingerprint density at radius 2 is 1.69 bits per heavy atom. The summed E-state index contributed by atoms with van der Waals surface area (Å²) in [5.74, 6) is -0.187. The van der Waals surface area contributed by atoms with Gasteiger partial charge >= 0.3 is 6.18 Å². The summed E-state index contributed by atoms with van der Waals surface area (Å²) in [4.78, 5) is 6.24. The topological polar surface area (TPSA) is 36.4 Å². The predicted molar refractivity (Wildman–Crippen MR) is 96.3 cm³/mol. The molecule has 1 aromatic carbocycles. The summed E-state index contributed by atoms with van der Waals surface area (Å²) < 4.78 is 39.1. The van der Waals surface area contributed by atoms with Crippen LogP contribution in [0.5, 0.6) is 0 Å². The van der Waals surface area contributed by atoms with Crippen LogP contribution in [0.1, 0.15) is 19.8 Å². The number of hydrogen-bond donors (Lipinski definition) is 1. The van der Waals surface area contributed by atoms with Crippen molar-refractivity contribution in [1.82, 2.24) is 4.98 Å². The molecule has 1 aliphatic rings. The Kier molecular flexibility index (Phi) is 5.17. The van der Waals surface area contributed by atoms with Crippen molar-refractivity contribution in [2.75, 3.05) is 18.0 Å². The minimum Gasteiger partial charge on any atom is -0.380 e. The van der Waals surface area contributed by atoms with Crippen molar-refractivity contribution in [2.24, 2.45) is 5.92 Å². The minimum atomic E-state index is -4.63. The van der Waals surface area contributed by atoms with Crippen molar-refractivity contribution in [3.8, 4) is 11.1 Å². The molecule has 0 amide bonds. The van der Waals surface area contributed by atoms with E-state index in [-0.39, 0.29) is 12.8 Å². The van der Waals surface area contributed by atoms with E-state index in [1.165, 1.54) is 0 Å². The highest BCUT2D eigenvalue weighted by atomic mass is 35.5. The molecular formula is C19H20ClF3N2O. The van der Waals surface area contributed by atoms with Gasteiger partial charge in [0.05, 0.1) is 0 Å². The zero-order valence-electron chi connectivity index (χ0n) is 14.3. The number of hydrogen-bond acceptors (Lipinski definition) is 3. The second-order valence-electron chi connectivity index (χ2n) is 6.81. The molecule has 0 spiro atoms. The fourth-order valence-corrected chi connectivity index (χ4v) is 3.55. The molecule has 1 saturated heterocycles. The SMILES string of the molecule is CC(O)(C1CCN(c2cc(-c3ccccc3)cc(Cl)n2)CC1)C(F)(F)F. The lowest BCUT2D eigenvalue weighted by atomic mass is 9.81. The zero-order valence-corrected chi connectivity index (χ0v) is 15.1. The van der Waals surface area contributed by atoms with Crippen molar-refractivity contribution < 1.29 is 18.3 Å². The summed E-state index contributed by atoms with van der Waals surface area (Å²) in [6.07, 6.45) is -4.16. The van der Waals surface area contributed by atoms with Gasteiger partial charge in [-0.1, -0.05) is 41.9 Å². The van der Waals surface area contributed by atoms with Gasteiger partial charge in [-0.3, -0.25) is 0 Å². The molecule has 1 aliphatic heterocycles. The average Bonchev–Trinajstić information content (AvgIpc) is 2.61. The average molecular weight is 385 g/mol. The maximum Gasteiger partial charge on any atom is 0.417 e. The lowest BCUT2D eigenvalue weighted by Gasteiger charge is -2.40. The molecule has 0 saturated carbocycles. The fraction of sp³-hybridized carbons (Fsp3) is 0.421. The first kappa shape index (κ1) is 19.0. The third-order valence-electron chi connectivity index (χ3n) is 5.08. The molecule has 2 aromatic rings. The van der Waals surface area contributed by atoms with Crippen LogP contribution in [0.25, 0.3) is 11.1 Å². The molecule has 1 fully saturated rings. The number of rotatable bonds is 3. The number of benzene rings is 1. The first-order chi connectivity index (χ1) is 12.2. The number of aliphatic hydroxyl groups is 1. The third-order valence-corrected chi connectivity index (χ3v) is 5.27. The minimum absolute atomic E-state index is 0.237. The summed E-state index contributed by atoms with van der Waals surface area (Å²) >= 11 is 6.15. The van der Waals surface area contributed by atoms with Crippen LogP contribution >= 0.6 is 11.6 Å². The van der Waals surface area contributed by atoms with Crippen LogP contribution in [0.15, 0.2) is 42.5 Å². The zero-order chi connectivity index (χ0) is 18.9. The number of halogens is 4. The normalized spacial score (nSPS) is 18.6. The Hall–Kier alpha value is -1.79. The number of nitrogens with zero attached hydrogens (tertiary/aromatic N) is 2. The Balaban J connectivity index is 1.77. The van der Waals surface area contributed by atoms with Crippen LogP contribution in [0.2, 0.25) is 5.15 Å². The van der Waals surface area contributed by atoms with Crippen LogP contribution in [0.4, 0.5) is 19.0 Å². The summed E-state index contributed by atoms with van der Waals surface area (Å²) in [5.41, 5.74) is -0.770. The van der Waals surface area contributed by atoms with E-state index in [2.05, 4.69) is 4.98 Å². The van der Waals surface area contributed by atoms with Crippen molar-refractivity contribution in [2.45, 2.75) is 31.5 Å². The van der Waals surface area contributed by atoms with E-state index in [4.69, 9.17) is 11.6 Å². The third kappa shape index (κ3) is 3.81. The van der Waals surface area contributed by atoms with E-state index in [9.17, 15) is 18.3 Å². The lowest BCUT2D eigenvalue weighted by molar-refractivity contribution is -0.273. The number of alkyl halides is 3. The van der Waals surface area contributed by atoms with Gasteiger partial charge < -0.3 is 10.0 Å². The van der Waals surface area contributed by atoms with Crippen LogP contribution in [0.3, 0.4) is 0 Å². The Labute approximate surface area is 155 Å². The first-order valence-corrected chi connectivity index (χ1v) is 8.83. The molecule has 3 rings (SSSR count). The number of piperidine rings is 1. The van der Waals surface area contributed by atoms with Gasteiger partial charge in [-0.05, 0) is 48.9 Å². The molecule has 140 valence electrons. The summed E-state index contributed by atoms with van der Waals surface area (Å²) in [7, 11) is 0. The lowest BCUT2D eigenvalue weighted by Crippen LogP contribution is -2.52. The van der Waals surface area contributed by atoms with Gasteiger partial charge in [-0.25, -0.2) is 4.98 Å². The van der Waals surface area contributed by atoms with E-state index in [1.807, 2.05) is 41.3 Å². The van der Waals surface area contributed by atoms with Gasteiger partial charge in [0.2, 0.25) is 0 Å². The first-order valence-electron chi connectivity index (χ1n) is 8.45. The van der Waals surface area contributed by atoms with E-state index in [0.717, 1.165) is 18.1 Å². The van der Waals surface area contributed by atoms with E-state index < -0.39 is 17.7 Å². The molecule has 1 N–H and O–H groups in total. The Morgan fingerprint density at radius 1 is 1.08 bits per heavy atom. The highest BCUT2D eigenvalue weighted by molar-refractivity contribution is 6.29. The van der Waals surface area contributed by atoms with Crippen molar-refractivity contribution in [1.29, 1.82) is 0 Å². The van der Waals surface area contributed by atoms with Gasteiger partial charge in [-0.2, -0.15) is 13.2 Å². The highest BCUT2D eigenvalue weighted by Gasteiger charge is 2.55. The van der Waals surface area contributed by atoms with Gasteiger partial charge in [0.1, 0.15) is 11.0 Å². The maximum absolute atomic E-state index is 13.0. The second kappa shape index (κ2) is 7.08. The Bertz CT molecular complexity index is 757. The summed E-state index contributed by atoms with van der Waals surface area (Å²) in [6, 6.07) is 13.3. The largest absolute Gasteiger partial charge is 0.417 e. The monoisotopic (exact) mass is 384 g/mol. The number of pyridine rings is 1. The molecule has 1 unspecified atom stereocenters. The summed E-state index contributed by atoms with van der Waals surface area (Å²) in [5, 5.41) is 10.2. The van der Waals surface area contributed by atoms with Crippen molar-refractivity contribution >= 4 is 17.4 Å². The van der Waals surface area contributed by atoms with Crippen LogP contribution in [-0.4, -0.2) is 35.0 Å². The van der Waals surface area contributed by atoms with Gasteiger partial charge in [0.15, 0.2) is 5.60 Å². The molecule has 0 aliphatic carbocycles. The smallest absolute Gasteiger partial charge is 0.380 e. The highest BCUT2D eigenvalue weighted by Crippen LogP contribution is 2.41. The Morgan fingerprint density at radius 3 is 2.27 bits per heavy atom. The van der Waals surface area contributed by atoms with E-state index in [0.29, 0.717) is 24.1 Å².